The van der Waals surface area contributed by atoms with Gasteiger partial charge in [0.1, 0.15) is 0 Å². The number of hydrogen-bond acceptors (Lipinski definition) is 3. The molecule has 0 aliphatic heterocycles. The van der Waals surface area contributed by atoms with Gasteiger partial charge in [-0.2, -0.15) is 4.99 Å². The highest BCUT2D eigenvalue weighted by Crippen LogP contribution is 1.97. The summed E-state index contributed by atoms with van der Waals surface area (Å²) >= 11 is 1.07. The van der Waals surface area contributed by atoms with Crippen LogP contribution in [0.2, 0.25) is 0 Å². The first kappa shape index (κ1) is 12.7. The molecule has 0 saturated carbocycles. The number of hydrogen-bond donors (Lipinski definition) is 2. The van der Waals surface area contributed by atoms with Crippen molar-refractivity contribution in [3.8, 4) is 0 Å². The Balaban J connectivity index is 4.11. The van der Waals surface area contributed by atoms with Gasteiger partial charge in [0.05, 0.1) is 0 Å². The van der Waals surface area contributed by atoms with Crippen molar-refractivity contribution in [1.29, 1.82) is 0 Å². The predicted molar refractivity (Wildman–Crippen MR) is 56.5 cm³/mol. The highest BCUT2D eigenvalue weighted by Gasteiger charge is 2.05. The van der Waals surface area contributed by atoms with Gasteiger partial charge in [0.2, 0.25) is 5.91 Å². The smallest absolute Gasteiger partial charge is 0.433 e. The third-order valence-corrected chi connectivity index (χ3v) is 1.79. The van der Waals surface area contributed by atoms with Crippen molar-refractivity contribution >= 4 is 28.9 Å². The molecule has 0 aromatic rings. The van der Waals surface area contributed by atoms with Gasteiger partial charge in [-0.25, -0.2) is 4.79 Å². The summed E-state index contributed by atoms with van der Waals surface area (Å²) in [5, 5.41) is 10.8. The average molecular weight is 216 g/mol. The Morgan fingerprint density at radius 3 is 2.71 bits per heavy atom. The van der Waals surface area contributed by atoms with E-state index in [0.717, 1.165) is 11.8 Å². The van der Waals surface area contributed by atoms with Gasteiger partial charge in [0.25, 0.3) is 0 Å². The van der Waals surface area contributed by atoms with Crippen molar-refractivity contribution < 1.29 is 14.7 Å². The van der Waals surface area contributed by atoms with E-state index in [1.165, 1.54) is 0 Å². The zero-order chi connectivity index (χ0) is 11.0. The van der Waals surface area contributed by atoms with Crippen LogP contribution < -0.4 is 5.32 Å². The lowest BCUT2D eigenvalue weighted by Gasteiger charge is -2.03. The summed E-state index contributed by atoms with van der Waals surface area (Å²) in [6, 6.07) is 0. The van der Waals surface area contributed by atoms with Crippen molar-refractivity contribution in [2.75, 3.05) is 6.26 Å². The molecule has 0 aliphatic rings. The van der Waals surface area contributed by atoms with Crippen LogP contribution in [0, 0.1) is 0 Å². The van der Waals surface area contributed by atoms with Crippen molar-refractivity contribution in [3.63, 3.8) is 0 Å². The first-order valence-electron chi connectivity index (χ1n) is 3.86. The van der Waals surface area contributed by atoms with Gasteiger partial charge in [0, 0.05) is 6.42 Å². The van der Waals surface area contributed by atoms with E-state index >= 15 is 0 Å². The fraction of sp³-hybridized carbons (Fsp3) is 0.375. The molecule has 14 heavy (non-hydrogen) atoms. The molecule has 5 nitrogen and oxygen atoms in total. The monoisotopic (exact) mass is 216 g/mol. The lowest BCUT2D eigenvalue weighted by Crippen LogP contribution is -2.28. The molecule has 0 aliphatic carbocycles. The Morgan fingerprint density at radius 2 is 2.29 bits per heavy atom. The molecule has 0 atom stereocenters. The largest absolute Gasteiger partial charge is 0.463 e. The molecule has 0 fully saturated rings. The second kappa shape index (κ2) is 7.14. The summed E-state index contributed by atoms with van der Waals surface area (Å²) in [6.45, 7) is 3.47. The highest BCUT2D eigenvalue weighted by molar-refractivity contribution is 8.13. The average Bonchev–Trinajstić information content (AvgIpc) is 2.12. The molecule has 0 heterocycles. The van der Waals surface area contributed by atoms with Gasteiger partial charge >= 0.3 is 6.09 Å². The molecule has 0 spiro atoms. The number of carbonyl (C=O) groups is 2. The van der Waals surface area contributed by atoms with E-state index in [2.05, 4.69) is 16.9 Å². The van der Waals surface area contributed by atoms with E-state index in [4.69, 9.17) is 5.11 Å². The number of rotatable bonds is 3. The predicted octanol–water partition coefficient (Wildman–Crippen LogP) is 1.47. The van der Waals surface area contributed by atoms with Crippen LogP contribution in [-0.4, -0.2) is 28.5 Å². The molecule has 0 saturated heterocycles. The number of amides is 2. The summed E-state index contributed by atoms with van der Waals surface area (Å²) in [6.07, 6.45) is 2.77. The Bertz CT molecular complexity index is 263. The van der Waals surface area contributed by atoms with Crippen LogP contribution in [0.15, 0.2) is 17.6 Å². The molecule has 0 bridgehead atoms. The number of carbonyl (C=O) groups excluding carboxylic acids is 1. The van der Waals surface area contributed by atoms with Crippen molar-refractivity contribution in [1.82, 2.24) is 5.32 Å². The van der Waals surface area contributed by atoms with Crippen LogP contribution in [0.5, 0.6) is 0 Å². The molecule has 2 amide bonds. The maximum absolute atomic E-state index is 11.1. The Hall–Kier alpha value is -1.30. The van der Waals surface area contributed by atoms with Crippen molar-refractivity contribution in [3.05, 3.63) is 12.7 Å². The van der Waals surface area contributed by atoms with E-state index in [0.29, 0.717) is 6.42 Å². The normalized spacial score (nSPS) is 10.8. The first-order valence-corrected chi connectivity index (χ1v) is 5.09. The fourth-order valence-electron chi connectivity index (χ4n) is 0.626. The van der Waals surface area contributed by atoms with Gasteiger partial charge in [-0.3, -0.25) is 4.79 Å². The minimum Gasteiger partial charge on any atom is -0.463 e. The Kier molecular flexibility index (Phi) is 6.47. The maximum Gasteiger partial charge on any atom is 0.433 e. The second-order valence-electron chi connectivity index (χ2n) is 2.28. The minimum atomic E-state index is -1.32. The molecule has 0 rings (SSSR count). The number of nitrogens with one attached hydrogen (secondary N) is 1. The number of amidine groups is 1. The molecule has 0 unspecified atom stereocenters. The van der Waals surface area contributed by atoms with Crippen molar-refractivity contribution in [2.24, 2.45) is 4.99 Å². The fourth-order valence-corrected chi connectivity index (χ4v) is 1.01. The van der Waals surface area contributed by atoms with E-state index in [-0.39, 0.29) is 17.5 Å². The van der Waals surface area contributed by atoms with Gasteiger partial charge in [-0.05, 0) is 12.7 Å². The summed E-state index contributed by atoms with van der Waals surface area (Å²) in [5.74, 6) is -0.265. The quantitative estimate of drug-likeness (QED) is 0.425. The summed E-state index contributed by atoms with van der Waals surface area (Å²) in [5.41, 5.74) is 0. The van der Waals surface area contributed by atoms with Crippen LogP contribution in [0.3, 0.4) is 0 Å². The van der Waals surface area contributed by atoms with Crippen LogP contribution in [0.4, 0.5) is 4.79 Å². The van der Waals surface area contributed by atoms with E-state index in [1.807, 2.05) is 0 Å². The number of allylic oxidation sites excluding steroid dienone is 1. The topological polar surface area (TPSA) is 78.8 Å². The number of carboxylic acid groups (broad SMARTS) is 1. The van der Waals surface area contributed by atoms with Crippen molar-refractivity contribution in [2.45, 2.75) is 12.8 Å². The van der Waals surface area contributed by atoms with Crippen LogP contribution in [-0.2, 0) is 4.79 Å². The maximum atomic E-state index is 11.1. The minimum absolute atomic E-state index is 0.0894. The zero-order valence-corrected chi connectivity index (χ0v) is 8.63. The van der Waals surface area contributed by atoms with Gasteiger partial charge in [-0.15, -0.1) is 6.58 Å². The lowest BCUT2D eigenvalue weighted by atomic mass is 10.3. The summed E-state index contributed by atoms with van der Waals surface area (Å²) in [7, 11) is 0. The molecule has 78 valence electrons. The summed E-state index contributed by atoms with van der Waals surface area (Å²) in [4.78, 5) is 24.5. The first-order chi connectivity index (χ1) is 6.60. The highest BCUT2D eigenvalue weighted by atomic mass is 32.2. The Morgan fingerprint density at radius 1 is 1.64 bits per heavy atom. The lowest BCUT2D eigenvalue weighted by molar-refractivity contribution is -0.119. The molecule has 0 aromatic heterocycles. The van der Waals surface area contributed by atoms with Gasteiger partial charge < -0.3 is 10.4 Å². The molecule has 0 aromatic carbocycles. The Labute approximate surface area is 86.3 Å². The molecule has 0 radical (unpaired) electrons. The third kappa shape index (κ3) is 6.24. The number of nitrogens with zero attached hydrogens (tertiary/aromatic N) is 1. The molecular weight excluding hydrogens is 204 g/mol. The van der Waals surface area contributed by atoms with E-state index in [1.54, 1.807) is 12.3 Å². The third-order valence-electron chi connectivity index (χ3n) is 1.21. The standard InChI is InChI=1S/C8H12N2O3S/c1-3-4-5-6(11)9-7(14-2)10-8(12)13/h3H,1,4-5H2,2H3,(H,12,13)(H,9,10,11). The molecular formula is C8H12N2O3S. The number of thioether (sulfide) groups is 1. The van der Waals surface area contributed by atoms with Crippen LogP contribution in [0.1, 0.15) is 12.8 Å². The molecule has 6 heteroatoms. The van der Waals surface area contributed by atoms with E-state index < -0.39 is 6.09 Å². The second-order valence-corrected chi connectivity index (χ2v) is 3.07. The molecule has 2 N–H and O–H groups in total. The van der Waals surface area contributed by atoms with Crippen LogP contribution >= 0.6 is 11.8 Å². The van der Waals surface area contributed by atoms with Crippen LogP contribution in [0.25, 0.3) is 0 Å². The summed E-state index contributed by atoms with van der Waals surface area (Å²) < 4.78 is 0. The van der Waals surface area contributed by atoms with Gasteiger partial charge in [0.15, 0.2) is 5.17 Å². The van der Waals surface area contributed by atoms with E-state index in [9.17, 15) is 9.59 Å². The van der Waals surface area contributed by atoms with Gasteiger partial charge in [-0.1, -0.05) is 17.8 Å². The SMILES string of the molecule is C=CCCC(=O)NC(=NC(=O)O)SC. The zero-order valence-electron chi connectivity index (χ0n) is 7.82. The number of aliphatic imine (C=N–C) groups is 1.